The first-order valence-electron chi connectivity index (χ1n) is 10.1. The summed E-state index contributed by atoms with van der Waals surface area (Å²) in [6.45, 7) is 5.99. The summed E-state index contributed by atoms with van der Waals surface area (Å²) in [6, 6.07) is 13.5. The van der Waals surface area contributed by atoms with Crippen LogP contribution in [0.15, 0.2) is 30.3 Å². The Hall–Kier alpha value is -2.62. The van der Waals surface area contributed by atoms with Gasteiger partial charge in [0.25, 0.3) is 0 Å². The number of rotatable bonds is 3. The van der Waals surface area contributed by atoms with E-state index >= 15 is 0 Å². The molecule has 2 aliphatic rings. The van der Waals surface area contributed by atoms with E-state index in [2.05, 4.69) is 32.8 Å². The number of hydrogen-bond donors (Lipinski definition) is 1. The molecule has 0 saturated carbocycles. The van der Waals surface area contributed by atoms with Crippen LogP contribution < -0.4 is 5.32 Å². The van der Waals surface area contributed by atoms with E-state index < -0.39 is 0 Å². The molecule has 2 fully saturated rings. The van der Waals surface area contributed by atoms with Gasteiger partial charge < -0.3 is 10.1 Å². The van der Waals surface area contributed by atoms with Crippen molar-refractivity contribution in [1.82, 2.24) is 14.3 Å². The van der Waals surface area contributed by atoms with Crippen LogP contribution in [0.3, 0.4) is 0 Å². The SMILES string of the molecule is Cc1cc(NC2CCN(C3CCOC3)CC2)n2c(nc3ccccc32)c1C#N. The minimum absolute atomic E-state index is 0.426. The molecule has 2 saturated heterocycles. The minimum atomic E-state index is 0.426. The average Bonchev–Trinajstić information content (AvgIpc) is 3.37. The molecule has 0 radical (unpaired) electrons. The summed E-state index contributed by atoms with van der Waals surface area (Å²) >= 11 is 0. The molecular formula is C22H25N5O. The normalized spacial score (nSPS) is 21.4. The van der Waals surface area contributed by atoms with E-state index in [-0.39, 0.29) is 0 Å². The van der Waals surface area contributed by atoms with E-state index in [1.165, 1.54) is 0 Å². The molecular weight excluding hydrogens is 350 g/mol. The molecule has 3 aromatic rings. The molecule has 5 rings (SSSR count). The molecule has 0 spiro atoms. The van der Waals surface area contributed by atoms with Crippen LogP contribution in [0.5, 0.6) is 0 Å². The van der Waals surface area contributed by atoms with E-state index in [4.69, 9.17) is 9.72 Å². The summed E-state index contributed by atoms with van der Waals surface area (Å²) in [4.78, 5) is 7.32. The Kier molecular flexibility index (Phi) is 4.42. The quantitative estimate of drug-likeness (QED) is 0.761. The zero-order valence-electron chi connectivity index (χ0n) is 16.2. The van der Waals surface area contributed by atoms with Crippen molar-refractivity contribution in [2.45, 2.75) is 38.3 Å². The number of aryl methyl sites for hydroxylation is 1. The number of pyridine rings is 1. The molecule has 1 N–H and O–H groups in total. The third kappa shape index (κ3) is 2.92. The Balaban J connectivity index is 1.45. The van der Waals surface area contributed by atoms with Crippen LogP contribution in [0.2, 0.25) is 0 Å². The number of para-hydroxylation sites is 2. The molecule has 6 nitrogen and oxygen atoms in total. The molecule has 1 unspecified atom stereocenters. The van der Waals surface area contributed by atoms with Gasteiger partial charge in [0.05, 0.1) is 23.2 Å². The van der Waals surface area contributed by atoms with Crippen molar-refractivity contribution in [2.24, 2.45) is 0 Å². The molecule has 4 heterocycles. The van der Waals surface area contributed by atoms with Gasteiger partial charge in [0.15, 0.2) is 5.65 Å². The maximum absolute atomic E-state index is 9.65. The summed E-state index contributed by atoms with van der Waals surface area (Å²) in [5, 5.41) is 13.4. The van der Waals surface area contributed by atoms with Gasteiger partial charge in [0.2, 0.25) is 0 Å². The number of benzene rings is 1. The topological polar surface area (TPSA) is 65.6 Å². The number of nitriles is 1. The third-order valence-electron chi connectivity index (χ3n) is 6.19. The Morgan fingerprint density at radius 2 is 2.04 bits per heavy atom. The lowest BCUT2D eigenvalue weighted by Gasteiger charge is -2.36. The summed E-state index contributed by atoms with van der Waals surface area (Å²) in [5.41, 5.74) is 4.32. The predicted molar refractivity (Wildman–Crippen MR) is 110 cm³/mol. The molecule has 2 aliphatic heterocycles. The van der Waals surface area contributed by atoms with Gasteiger partial charge in [-0.1, -0.05) is 12.1 Å². The highest BCUT2D eigenvalue weighted by atomic mass is 16.5. The van der Waals surface area contributed by atoms with Crippen molar-refractivity contribution < 1.29 is 4.74 Å². The number of anilines is 1. The highest BCUT2D eigenvalue weighted by Crippen LogP contribution is 2.28. The van der Waals surface area contributed by atoms with Crippen LogP contribution in [-0.2, 0) is 4.74 Å². The molecule has 0 aliphatic carbocycles. The molecule has 0 amide bonds. The second-order valence-electron chi connectivity index (χ2n) is 7.93. The fraction of sp³-hybridized carbons (Fsp3) is 0.455. The summed E-state index contributed by atoms with van der Waals surface area (Å²) in [6.07, 6.45) is 3.39. The lowest BCUT2D eigenvalue weighted by molar-refractivity contribution is 0.124. The van der Waals surface area contributed by atoms with Crippen LogP contribution >= 0.6 is 0 Å². The fourth-order valence-electron chi connectivity index (χ4n) is 4.63. The van der Waals surface area contributed by atoms with Gasteiger partial charge in [-0.05, 0) is 49.9 Å². The van der Waals surface area contributed by atoms with Gasteiger partial charge in [-0.25, -0.2) is 4.98 Å². The third-order valence-corrected chi connectivity index (χ3v) is 6.19. The van der Waals surface area contributed by atoms with Crippen molar-refractivity contribution in [1.29, 1.82) is 5.26 Å². The maximum atomic E-state index is 9.65. The number of nitrogens with one attached hydrogen (secondary N) is 1. The molecule has 144 valence electrons. The van der Waals surface area contributed by atoms with Crippen molar-refractivity contribution >= 4 is 22.5 Å². The van der Waals surface area contributed by atoms with Gasteiger partial charge in [-0.3, -0.25) is 9.30 Å². The predicted octanol–water partition coefficient (Wildman–Crippen LogP) is 3.33. The zero-order valence-corrected chi connectivity index (χ0v) is 16.2. The smallest absolute Gasteiger partial charge is 0.157 e. The Morgan fingerprint density at radius 1 is 1.21 bits per heavy atom. The first-order valence-corrected chi connectivity index (χ1v) is 10.1. The molecule has 1 aromatic carbocycles. The van der Waals surface area contributed by atoms with Crippen LogP contribution in [0.1, 0.15) is 30.4 Å². The highest BCUT2D eigenvalue weighted by molar-refractivity contribution is 5.85. The number of imidazole rings is 1. The fourth-order valence-corrected chi connectivity index (χ4v) is 4.63. The van der Waals surface area contributed by atoms with E-state index in [1.54, 1.807) is 0 Å². The summed E-state index contributed by atoms with van der Waals surface area (Å²) in [5.74, 6) is 1.03. The van der Waals surface area contributed by atoms with E-state index in [0.29, 0.717) is 17.6 Å². The minimum Gasteiger partial charge on any atom is -0.380 e. The van der Waals surface area contributed by atoms with Gasteiger partial charge >= 0.3 is 0 Å². The van der Waals surface area contributed by atoms with Gasteiger partial charge in [-0.15, -0.1) is 0 Å². The number of piperidine rings is 1. The number of likely N-dealkylation sites (tertiary alicyclic amines) is 1. The van der Waals surface area contributed by atoms with Crippen LogP contribution in [0.4, 0.5) is 5.82 Å². The van der Waals surface area contributed by atoms with E-state index in [1.807, 2.05) is 25.1 Å². The number of aromatic nitrogens is 2. The van der Waals surface area contributed by atoms with Crippen molar-refractivity contribution in [3.05, 3.63) is 41.5 Å². The lowest BCUT2D eigenvalue weighted by atomic mass is 10.0. The van der Waals surface area contributed by atoms with E-state index in [9.17, 15) is 5.26 Å². The number of fused-ring (bicyclic) bond motifs is 3. The second kappa shape index (κ2) is 7.08. The summed E-state index contributed by atoms with van der Waals surface area (Å²) in [7, 11) is 0. The van der Waals surface area contributed by atoms with Crippen molar-refractivity contribution in [3.8, 4) is 6.07 Å². The monoisotopic (exact) mass is 375 g/mol. The van der Waals surface area contributed by atoms with Gasteiger partial charge in [0.1, 0.15) is 11.9 Å². The number of ether oxygens (including phenoxy) is 1. The first kappa shape index (κ1) is 17.5. The maximum Gasteiger partial charge on any atom is 0.157 e. The molecule has 28 heavy (non-hydrogen) atoms. The molecule has 6 heteroatoms. The van der Waals surface area contributed by atoms with Crippen LogP contribution in [0, 0.1) is 18.3 Å². The van der Waals surface area contributed by atoms with Crippen molar-refractivity contribution in [3.63, 3.8) is 0 Å². The Morgan fingerprint density at radius 3 is 2.79 bits per heavy atom. The Bertz CT molecular complexity index is 1050. The molecule has 2 aromatic heterocycles. The molecule has 0 bridgehead atoms. The Labute approximate surface area is 164 Å². The largest absolute Gasteiger partial charge is 0.380 e. The van der Waals surface area contributed by atoms with Gasteiger partial charge in [-0.2, -0.15) is 5.26 Å². The second-order valence-corrected chi connectivity index (χ2v) is 7.93. The first-order chi connectivity index (χ1) is 13.7. The average molecular weight is 375 g/mol. The number of nitrogens with zero attached hydrogens (tertiary/aromatic N) is 4. The number of hydrogen-bond acceptors (Lipinski definition) is 5. The zero-order chi connectivity index (χ0) is 19.1. The highest BCUT2D eigenvalue weighted by Gasteiger charge is 2.28. The van der Waals surface area contributed by atoms with Crippen LogP contribution in [-0.4, -0.2) is 52.7 Å². The molecule has 1 atom stereocenters. The van der Waals surface area contributed by atoms with Crippen molar-refractivity contribution in [2.75, 3.05) is 31.6 Å². The van der Waals surface area contributed by atoms with Gasteiger partial charge in [0, 0.05) is 31.8 Å². The lowest BCUT2D eigenvalue weighted by Crippen LogP contribution is -2.45. The van der Waals surface area contributed by atoms with Crippen LogP contribution in [0.25, 0.3) is 16.7 Å². The summed E-state index contributed by atoms with van der Waals surface area (Å²) < 4.78 is 7.66. The standard InChI is InChI=1S/C22H25N5O/c1-15-12-21(24-16-6-9-26(10-7-16)17-8-11-28-14-17)27-20-5-3-2-4-19(20)25-22(27)18(15)13-23/h2-5,12,16-17,24H,6-11,14H2,1H3. The van der Waals surface area contributed by atoms with E-state index in [0.717, 1.165) is 73.6 Å².